The van der Waals surface area contributed by atoms with Gasteiger partial charge in [-0.3, -0.25) is 0 Å². The molecular formula is C16H19NO4S. The van der Waals surface area contributed by atoms with Crippen LogP contribution in [0.5, 0.6) is 5.75 Å². The second-order valence-electron chi connectivity index (χ2n) is 4.92. The number of nitrogens with one attached hydrogen (secondary N) is 1. The minimum Gasteiger partial charge on any atom is -0.487 e. The number of ether oxygens (including phenoxy) is 1. The van der Waals surface area contributed by atoms with E-state index in [0.717, 1.165) is 5.56 Å². The van der Waals surface area contributed by atoms with Gasteiger partial charge < -0.3 is 9.84 Å². The van der Waals surface area contributed by atoms with Crippen molar-refractivity contribution in [2.24, 2.45) is 0 Å². The zero-order valence-electron chi connectivity index (χ0n) is 12.3. The lowest BCUT2D eigenvalue weighted by atomic mass is 10.2. The van der Waals surface area contributed by atoms with Crippen molar-refractivity contribution in [1.29, 1.82) is 0 Å². The van der Waals surface area contributed by atoms with Crippen LogP contribution in [0.1, 0.15) is 12.5 Å². The zero-order valence-corrected chi connectivity index (χ0v) is 13.1. The minimum atomic E-state index is -3.73. The summed E-state index contributed by atoms with van der Waals surface area (Å²) in [6.45, 7) is 1.75. The Morgan fingerprint density at radius 3 is 2.41 bits per heavy atom. The Morgan fingerprint density at radius 2 is 1.73 bits per heavy atom. The van der Waals surface area contributed by atoms with Gasteiger partial charge in [-0.1, -0.05) is 42.5 Å². The van der Waals surface area contributed by atoms with Gasteiger partial charge in [0.05, 0.1) is 6.10 Å². The van der Waals surface area contributed by atoms with Gasteiger partial charge in [0, 0.05) is 6.54 Å². The van der Waals surface area contributed by atoms with Crippen LogP contribution in [0.15, 0.2) is 59.5 Å². The number of para-hydroxylation sites is 1. The summed E-state index contributed by atoms with van der Waals surface area (Å²) in [6, 6.07) is 15.9. The first-order chi connectivity index (χ1) is 10.5. The molecule has 2 aromatic rings. The first-order valence-electron chi connectivity index (χ1n) is 6.92. The predicted molar refractivity (Wildman–Crippen MR) is 84.1 cm³/mol. The average Bonchev–Trinajstić information content (AvgIpc) is 2.52. The van der Waals surface area contributed by atoms with Gasteiger partial charge in [-0.2, -0.15) is 0 Å². The molecule has 2 N–H and O–H groups in total. The Balaban J connectivity index is 2.16. The van der Waals surface area contributed by atoms with E-state index in [4.69, 9.17) is 4.74 Å². The third-order valence-electron chi connectivity index (χ3n) is 2.94. The molecule has 0 aliphatic rings. The van der Waals surface area contributed by atoms with E-state index in [9.17, 15) is 13.5 Å². The van der Waals surface area contributed by atoms with Crippen LogP contribution in [0.25, 0.3) is 0 Å². The van der Waals surface area contributed by atoms with Crippen LogP contribution >= 0.6 is 0 Å². The molecular weight excluding hydrogens is 302 g/mol. The highest BCUT2D eigenvalue weighted by Gasteiger charge is 2.19. The molecule has 0 heterocycles. The standard InChI is InChI=1S/C16H19NO4S/c1-13(18)11-17-22(19,20)16-10-6-5-9-15(16)21-12-14-7-3-2-4-8-14/h2-10,13,17-18H,11-12H2,1H3. The highest BCUT2D eigenvalue weighted by atomic mass is 32.2. The molecule has 1 atom stereocenters. The Morgan fingerprint density at radius 1 is 1.09 bits per heavy atom. The molecule has 0 amide bonds. The lowest BCUT2D eigenvalue weighted by Crippen LogP contribution is -2.30. The van der Waals surface area contributed by atoms with E-state index in [1.807, 2.05) is 30.3 Å². The molecule has 0 aliphatic heterocycles. The second kappa shape index (κ2) is 7.40. The number of aliphatic hydroxyl groups is 1. The first kappa shape index (κ1) is 16.5. The van der Waals surface area contributed by atoms with Gasteiger partial charge in [-0.05, 0) is 24.6 Å². The fraction of sp³-hybridized carbons (Fsp3) is 0.250. The molecule has 5 nitrogen and oxygen atoms in total. The number of rotatable bonds is 7. The van der Waals surface area contributed by atoms with E-state index in [2.05, 4.69) is 4.72 Å². The van der Waals surface area contributed by atoms with Gasteiger partial charge in [0.25, 0.3) is 0 Å². The number of aliphatic hydroxyl groups excluding tert-OH is 1. The third-order valence-corrected chi connectivity index (χ3v) is 4.41. The normalized spacial score (nSPS) is 12.8. The van der Waals surface area contributed by atoms with E-state index in [0.29, 0.717) is 0 Å². The van der Waals surface area contributed by atoms with Crippen LogP contribution in [0.2, 0.25) is 0 Å². The van der Waals surface area contributed by atoms with Crippen molar-refractivity contribution in [1.82, 2.24) is 4.72 Å². The van der Waals surface area contributed by atoms with Gasteiger partial charge in [0.15, 0.2) is 0 Å². The smallest absolute Gasteiger partial charge is 0.244 e. The fourth-order valence-corrected chi connectivity index (χ4v) is 3.10. The summed E-state index contributed by atoms with van der Waals surface area (Å²) in [6.07, 6.45) is -0.757. The maximum absolute atomic E-state index is 12.3. The number of hydrogen-bond donors (Lipinski definition) is 2. The van der Waals surface area contributed by atoms with Crippen LogP contribution in [0.4, 0.5) is 0 Å². The van der Waals surface area contributed by atoms with E-state index in [1.165, 1.54) is 13.0 Å². The Labute approximate surface area is 130 Å². The molecule has 0 spiro atoms. The molecule has 0 saturated heterocycles. The lowest BCUT2D eigenvalue weighted by Gasteiger charge is -2.13. The van der Waals surface area contributed by atoms with Crippen LogP contribution < -0.4 is 9.46 Å². The molecule has 0 fully saturated rings. The molecule has 118 valence electrons. The summed E-state index contributed by atoms with van der Waals surface area (Å²) in [5.41, 5.74) is 0.951. The molecule has 2 rings (SSSR count). The van der Waals surface area contributed by atoms with E-state index in [1.54, 1.807) is 18.2 Å². The molecule has 2 aromatic carbocycles. The van der Waals surface area contributed by atoms with Gasteiger partial charge in [-0.25, -0.2) is 13.1 Å². The van der Waals surface area contributed by atoms with Crippen LogP contribution in [0.3, 0.4) is 0 Å². The van der Waals surface area contributed by atoms with Crippen LogP contribution in [0, 0.1) is 0 Å². The second-order valence-corrected chi connectivity index (χ2v) is 6.66. The first-order valence-corrected chi connectivity index (χ1v) is 8.41. The van der Waals surface area contributed by atoms with Crippen molar-refractivity contribution in [2.75, 3.05) is 6.54 Å². The quantitative estimate of drug-likeness (QED) is 0.817. The molecule has 0 radical (unpaired) electrons. The summed E-state index contributed by atoms with van der Waals surface area (Å²) in [7, 11) is -3.73. The zero-order chi connectivity index (χ0) is 16.0. The maximum Gasteiger partial charge on any atom is 0.244 e. The monoisotopic (exact) mass is 321 g/mol. The van der Waals surface area contributed by atoms with Crippen LogP contribution in [-0.4, -0.2) is 26.2 Å². The van der Waals surface area contributed by atoms with Crippen molar-refractivity contribution in [3.05, 3.63) is 60.2 Å². The summed E-state index contributed by atoms with van der Waals surface area (Å²) in [4.78, 5) is 0.0616. The van der Waals surface area contributed by atoms with E-state index in [-0.39, 0.29) is 23.8 Å². The summed E-state index contributed by atoms with van der Waals surface area (Å²) >= 11 is 0. The minimum absolute atomic E-state index is 0.0463. The third kappa shape index (κ3) is 4.56. The van der Waals surface area contributed by atoms with Gasteiger partial charge >= 0.3 is 0 Å². The molecule has 6 heteroatoms. The average molecular weight is 321 g/mol. The van der Waals surface area contributed by atoms with Gasteiger partial charge in [0.2, 0.25) is 10.0 Å². The van der Waals surface area contributed by atoms with E-state index < -0.39 is 16.1 Å². The van der Waals surface area contributed by atoms with Gasteiger partial charge in [-0.15, -0.1) is 0 Å². The van der Waals surface area contributed by atoms with Crippen molar-refractivity contribution in [3.63, 3.8) is 0 Å². The Kier molecular flexibility index (Phi) is 5.54. The van der Waals surface area contributed by atoms with Gasteiger partial charge in [0.1, 0.15) is 17.3 Å². The summed E-state index contributed by atoms with van der Waals surface area (Å²) in [5.74, 6) is 0.282. The molecule has 1 unspecified atom stereocenters. The Hall–Kier alpha value is -1.89. The molecule has 0 bridgehead atoms. The topological polar surface area (TPSA) is 75.6 Å². The van der Waals surface area contributed by atoms with Crippen LogP contribution in [-0.2, 0) is 16.6 Å². The fourth-order valence-electron chi connectivity index (χ4n) is 1.83. The van der Waals surface area contributed by atoms with Crippen molar-refractivity contribution >= 4 is 10.0 Å². The van der Waals surface area contributed by atoms with Crippen molar-refractivity contribution in [2.45, 2.75) is 24.5 Å². The number of hydrogen-bond acceptors (Lipinski definition) is 4. The Bertz CT molecular complexity index is 699. The largest absolute Gasteiger partial charge is 0.487 e. The summed E-state index contributed by atoms with van der Waals surface area (Å²) < 4.78 is 32.5. The lowest BCUT2D eigenvalue weighted by molar-refractivity contribution is 0.198. The molecule has 0 aromatic heterocycles. The van der Waals surface area contributed by atoms with Crippen molar-refractivity contribution in [3.8, 4) is 5.75 Å². The summed E-state index contributed by atoms with van der Waals surface area (Å²) in [5, 5.41) is 9.23. The number of benzene rings is 2. The number of sulfonamides is 1. The van der Waals surface area contributed by atoms with E-state index >= 15 is 0 Å². The highest BCUT2D eigenvalue weighted by Crippen LogP contribution is 2.24. The predicted octanol–water partition coefficient (Wildman–Crippen LogP) is 1.92. The highest BCUT2D eigenvalue weighted by molar-refractivity contribution is 7.89. The SMILES string of the molecule is CC(O)CNS(=O)(=O)c1ccccc1OCc1ccccc1. The molecule has 0 saturated carbocycles. The molecule has 22 heavy (non-hydrogen) atoms. The maximum atomic E-state index is 12.3. The van der Waals surface area contributed by atoms with Crippen molar-refractivity contribution < 1.29 is 18.3 Å². The molecule has 0 aliphatic carbocycles.